The molecule has 1 heterocycles. The molecule has 0 radical (unpaired) electrons. The lowest BCUT2D eigenvalue weighted by Crippen LogP contribution is -2.11. The van der Waals surface area contributed by atoms with E-state index in [2.05, 4.69) is 35.1 Å². The smallest absolute Gasteiger partial charge is 0.125 e. The maximum Gasteiger partial charge on any atom is 0.125 e. The minimum atomic E-state index is -0.241. The van der Waals surface area contributed by atoms with Gasteiger partial charge in [0.1, 0.15) is 10.8 Å². The molecular weight excluding hydrogens is 339 g/mol. The normalized spacial score (nSPS) is 11.0. The molecule has 0 aliphatic carbocycles. The molecule has 1 aromatic heterocycles. The summed E-state index contributed by atoms with van der Waals surface area (Å²) >= 11 is 4.98. The van der Waals surface area contributed by atoms with Gasteiger partial charge in [-0.3, -0.25) is 0 Å². The number of rotatable bonds is 6. The number of nitrogens with zero attached hydrogens (tertiary/aromatic N) is 1. The fourth-order valence-corrected chi connectivity index (χ4v) is 3.52. The number of halogens is 2. The van der Waals surface area contributed by atoms with Crippen LogP contribution in [0.2, 0.25) is 0 Å². The van der Waals surface area contributed by atoms with Crippen LogP contribution in [0.1, 0.15) is 30.8 Å². The first kappa shape index (κ1) is 15.6. The molecule has 20 heavy (non-hydrogen) atoms. The van der Waals surface area contributed by atoms with Crippen molar-refractivity contribution in [2.75, 3.05) is 6.54 Å². The standard InChI is InChI=1S/C15H18BrFN2S/c1-3-5-13-14(9-18-4-2)20-15(19-13)10-6-11(16)8-12(17)7-10/h6-8,18H,3-5,9H2,1-2H3. The second-order valence-corrected chi connectivity index (χ2v) is 6.58. The van der Waals surface area contributed by atoms with Gasteiger partial charge in [-0.25, -0.2) is 9.37 Å². The molecular formula is C15H18BrFN2S. The van der Waals surface area contributed by atoms with E-state index in [9.17, 15) is 4.39 Å². The molecule has 1 aromatic carbocycles. The van der Waals surface area contributed by atoms with Gasteiger partial charge in [-0.05, 0) is 31.2 Å². The van der Waals surface area contributed by atoms with Crippen LogP contribution in [-0.4, -0.2) is 11.5 Å². The molecule has 2 aromatic rings. The highest BCUT2D eigenvalue weighted by molar-refractivity contribution is 9.10. The molecule has 0 fully saturated rings. The quantitative estimate of drug-likeness (QED) is 0.805. The van der Waals surface area contributed by atoms with E-state index < -0.39 is 0 Å². The lowest BCUT2D eigenvalue weighted by Gasteiger charge is -2.00. The Bertz CT molecular complexity index is 563. The molecule has 0 amide bonds. The highest BCUT2D eigenvalue weighted by atomic mass is 79.9. The Morgan fingerprint density at radius 2 is 2.10 bits per heavy atom. The molecule has 0 saturated carbocycles. The highest BCUT2D eigenvalue weighted by Gasteiger charge is 2.12. The Morgan fingerprint density at radius 1 is 1.30 bits per heavy atom. The summed E-state index contributed by atoms with van der Waals surface area (Å²) in [5.74, 6) is -0.241. The third-order valence-electron chi connectivity index (χ3n) is 2.91. The molecule has 1 N–H and O–H groups in total. The molecule has 0 bridgehead atoms. The minimum Gasteiger partial charge on any atom is -0.312 e. The summed E-state index contributed by atoms with van der Waals surface area (Å²) < 4.78 is 14.2. The van der Waals surface area contributed by atoms with E-state index in [1.807, 2.05) is 6.07 Å². The van der Waals surface area contributed by atoms with E-state index in [0.717, 1.165) is 46.7 Å². The van der Waals surface area contributed by atoms with E-state index in [-0.39, 0.29) is 5.82 Å². The van der Waals surface area contributed by atoms with Gasteiger partial charge in [0, 0.05) is 21.5 Å². The number of thiazole rings is 1. The Balaban J connectivity index is 2.35. The predicted molar refractivity (Wildman–Crippen MR) is 86.6 cm³/mol. The lowest BCUT2D eigenvalue weighted by molar-refractivity contribution is 0.627. The summed E-state index contributed by atoms with van der Waals surface area (Å²) in [7, 11) is 0. The average Bonchev–Trinajstić information content (AvgIpc) is 2.79. The Hall–Kier alpha value is -0.780. The van der Waals surface area contributed by atoms with Crippen molar-refractivity contribution >= 4 is 27.3 Å². The molecule has 0 atom stereocenters. The Labute approximate surface area is 131 Å². The Kier molecular flexibility index (Phi) is 5.69. The van der Waals surface area contributed by atoms with Gasteiger partial charge in [0.2, 0.25) is 0 Å². The SMILES string of the molecule is CCCc1nc(-c2cc(F)cc(Br)c2)sc1CNCC. The van der Waals surface area contributed by atoms with Crippen molar-refractivity contribution in [2.45, 2.75) is 33.2 Å². The number of benzene rings is 1. The average molecular weight is 357 g/mol. The van der Waals surface area contributed by atoms with Crippen LogP contribution in [0.25, 0.3) is 10.6 Å². The molecule has 0 unspecified atom stereocenters. The lowest BCUT2D eigenvalue weighted by atomic mass is 10.2. The van der Waals surface area contributed by atoms with Gasteiger partial charge in [0.05, 0.1) is 5.69 Å². The first-order chi connectivity index (χ1) is 9.63. The third kappa shape index (κ3) is 3.87. The van der Waals surface area contributed by atoms with Gasteiger partial charge in [-0.15, -0.1) is 11.3 Å². The molecule has 0 spiro atoms. The maximum atomic E-state index is 13.5. The zero-order valence-electron chi connectivity index (χ0n) is 11.7. The van der Waals surface area contributed by atoms with E-state index in [1.165, 1.54) is 17.0 Å². The molecule has 108 valence electrons. The Morgan fingerprint density at radius 3 is 2.75 bits per heavy atom. The largest absolute Gasteiger partial charge is 0.312 e. The topological polar surface area (TPSA) is 24.9 Å². The number of aryl methyl sites for hydroxylation is 1. The molecule has 5 heteroatoms. The number of nitrogens with one attached hydrogen (secondary N) is 1. The highest BCUT2D eigenvalue weighted by Crippen LogP contribution is 2.31. The molecule has 0 aliphatic heterocycles. The van der Waals surface area contributed by atoms with E-state index in [1.54, 1.807) is 11.3 Å². The summed E-state index contributed by atoms with van der Waals surface area (Å²) in [5.41, 5.74) is 1.97. The van der Waals surface area contributed by atoms with Crippen LogP contribution >= 0.6 is 27.3 Å². The van der Waals surface area contributed by atoms with Gasteiger partial charge in [-0.1, -0.05) is 36.2 Å². The number of aromatic nitrogens is 1. The van der Waals surface area contributed by atoms with Crippen molar-refractivity contribution in [3.05, 3.63) is 39.1 Å². The van der Waals surface area contributed by atoms with Crippen molar-refractivity contribution in [1.29, 1.82) is 0 Å². The van der Waals surface area contributed by atoms with Crippen LogP contribution in [-0.2, 0) is 13.0 Å². The third-order valence-corrected chi connectivity index (χ3v) is 4.51. The first-order valence-corrected chi connectivity index (χ1v) is 8.40. The summed E-state index contributed by atoms with van der Waals surface area (Å²) in [6.45, 7) is 6.00. The van der Waals surface area contributed by atoms with Gasteiger partial charge < -0.3 is 5.32 Å². The minimum absolute atomic E-state index is 0.241. The van der Waals surface area contributed by atoms with E-state index in [4.69, 9.17) is 4.98 Å². The summed E-state index contributed by atoms with van der Waals surface area (Å²) in [6.07, 6.45) is 2.03. The van der Waals surface area contributed by atoms with Gasteiger partial charge in [0.25, 0.3) is 0 Å². The molecule has 0 aliphatic rings. The van der Waals surface area contributed by atoms with Crippen molar-refractivity contribution in [2.24, 2.45) is 0 Å². The van der Waals surface area contributed by atoms with E-state index >= 15 is 0 Å². The van der Waals surface area contributed by atoms with Crippen LogP contribution in [0, 0.1) is 5.82 Å². The second-order valence-electron chi connectivity index (χ2n) is 4.58. The van der Waals surface area contributed by atoms with Crippen LogP contribution in [0.3, 0.4) is 0 Å². The summed E-state index contributed by atoms with van der Waals surface area (Å²) in [4.78, 5) is 5.95. The zero-order valence-corrected chi connectivity index (χ0v) is 14.1. The van der Waals surface area contributed by atoms with Crippen LogP contribution in [0.5, 0.6) is 0 Å². The van der Waals surface area contributed by atoms with Gasteiger partial charge in [0.15, 0.2) is 0 Å². The van der Waals surface area contributed by atoms with Crippen molar-refractivity contribution in [1.82, 2.24) is 10.3 Å². The van der Waals surface area contributed by atoms with Gasteiger partial charge in [-0.2, -0.15) is 0 Å². The fraction of sp³-hybridized carbons (Fsp3) is 0.400. The molecule has 0 saturated heterocycles. The van der Waals surface area contributed by atoms with Crippen molar-refractivity contribution < 1.29 is 4.39 Å². The maximum absolute atomic E-state index is 13.5. The first-order valence-electron chi connectivity index (χ1n) is 6.79. The van der Waals surface area contributed by atoms with Crippen molar-refractivity contribution in [3.63, 3.8) is 0 Å². The molecule has 2 rings (SSSR count). The number of hydrogen-bond donors (Lipinski definition) is 1. The summed E-state index contributed by atoms with van der Waals surface area (Å²) in [5, 5.41) is 4.23. The monoisotopic (exact) mass is 356 g/mol. The van der Waals surface area contributed by atoms with Crippen LogP contribution in [0.4, 0.5) is 4.39 Å². The second kappa shape index (κ2) is 7.29. The van der Waals surface area contributed by atoms with Crippen LogP contribution < -0.4 is 5.32 Å². The summed E-state index contributed by atoms with van der Waals surface area (Å²) in [6, 6.07) is 4.91. The van der Waals surface area contributed by atoms with Crippen molar-refractivity contribution in [3.8, 4) is 10.6 Å². The van der Waals surface area contributed by atoms with Gasteiger partial charge >= 0.3 is 0 Å². The number of hydrogen-bond acceptors (Lipinski definition) is 3. The zero-order chi connectivity index (χ0) is 14.5. The molecule has 2 nitrogen and oxygen atoms in total. The predicted octanol–water partition coefficient (Wildman–Crippen LogP) is 4.77. The van der Waals surface area contributed by atoms with Crippen LogP contribution in [0.15, 0.2) is 22.7 Å². The van der Waals surface area contributed by atoms with E-state index in [0.29, 0.717) is 0 Å². The fourth-order valence-electron chi connectivity index (χ4n) is 1.99.